The first-order valence-corrected chi connectivity index (χ1v) is 7.29. The van der Waals surface area contributed by atoms with Gasteiger partial charge in [0.1, 0.15) is 0 Å². The van der Waals surface area contributed by atoms with Gasteiger partial charge in [0, 0.05) is 18.7 Å². The average molecular weight is 267 g/mol. The molecule has 0 aliphatic heterocycles. The summed E-state index contributed by atoms with van der Waals surface area (Å²) in [5, 5.41) is 4.62. The van der Waals surface area contributed by atoms with Gasteiger partial charge in [-0.3, -0.25) is 4.68 Å². The molecular weight excluding hydrogens is 238 g/mol. The molecule has 0 spiro atoms. The minimum absolute atomic E-state index is 0.00396. The van der Waals surface area contributed by atoms with E-state index in [1.165, 1.54) is 0 Å². The molecule has 1 atom stereocenters. The number of rotatable bonds is 7. The quantitative estimate of drug-likeness (QED) is 0.826. The van der Waals surface area contributed by atoms with Crippen LogP contribution in [0.2, 0.25) is 0 Å². The highest BCUT2D eigenvalue weighted by Gasteiger charge is 2.15. The summed E-state index contributed by atoms with van der Waals surface area (Å²) >= 11 is 0. The second kappa shape index (κ2) is 7.06. The molecule has 0 amide bonds. The van der Waals surface area contributed by atoms with E-state index in [1.807, 2.05) is 20.8 Å². The molecule has 0 fully saturated rings. The van der Waals surface area contributed by atoms with E-state index in [2.05, 4.69) is 35.9 Å². The van der Waals surface area contributed by atoms with Crippen molar-refractivity contribution >= 4 is 0 Å². The molecule has 0 saturated carbocycles. The van der Waals surface area contributed by atoms with Crippen LogP contribution in [-0.4, -0.2) is 28.0 Å². The van der Waals surface area contributed by atoms with Gasteiger partial charge < -0.3 is 10.5 Å². The van der Waals surface area contributed by atoms with Gasteiger partial charge in [0.25, 0.3) is 0 Å². The Kier molecular flexibility index (Phi) is 6.01. The first-order chi connectivity index (χ1) is 8.85. The van der Waals surface area contributed by atoms with Gasteiger partial charge in [-0.25, -0.2) is 0 Å². The van der Waals surface area contributed by atoms with Gasteiger partial charge in [0.2, 0.25) is 0 Å². The summed E-state index contributed by atoms with van der Waals surface area (Å²) in [6.45, 7) is 11.1. The molecule has 0 saturated heterocycles. The number of nitrogens with two attached hydrogens (primary N) is 1. The summed E-state index contributed by atoms with van der Waals surface area (Å²) in [6, 6.07) is 2.56. The molecule has 1 aromatic rings. The van der Waals surface area contributed by atoms with Crippen molar-refractivity contribution in [2.75, 3.05) is 6.61 Å². The smallest absolute Gasteiger partial charge is 0.0641 e. The molecule has 4 heteroatoms. The van der Waals surface area contributed by atoms with Crippen LogP contribution in [0.4, 0.5) is 0 Å². The maximum Gasteiger partial charge on any atom is 0.0641 e. The van der Waals surface area contributed by atoms with Crippen LogP contribution in [0.1, 0.15) is 59.2 Å². The van der Waals surface area contributed by atoms with E-state index >= 15 is 0 Å². The Morgan fingerprint density at radius 3 is 2.47 bits per heavy atom. The highest BCUT2D eigenvalue weighted by molar-refractivity contribution is 5.02. The van der Waals surface area contributed by atoms with Crippen molar-refractivity contribution in [2.45, 2.75) is 71.6 Å². The first kappa shape index (κ1) is 16.2. The molecule has 4 nitrogen and oxygen atoms in total. The minimum Gasteiger partial charge on any atom is -0.374 e. The Morgan fingerprint density at radius 2 is 1.95 bits per heavy atom. The summed E-state index contributed by atoms with van der Waals surface area (Å²) in [5.41, 5.74) is 7.01. The second-order valence-electron chi connectivity index (χ2n) is 6.14. The Bertz CT molecular complexity index is 364. The number of hydrogen-bond acceptors (Lipinski definition) is 3. The van der Waals surface area contributed by atoms with Gasteiger partial charge in [-0.05, 0) is 39.7 Å². The SMILES string of the molecule is CCC(CC)n1ccc(CC(N)COC(C)(C)C)n1. The van der Waals surface area contributed by atoms with Gasteiger partial charge in [0.05, 0.1) is 23.9 Å². The topological polar surface area (TPSA) is 53.1 Å². The molecule has 1 rings (SSSR count). The maximum atomic E-state index is 6.09. The molecule has 0 aromatic carbocycles. The molecule has 1 heterocycles. The second-order valence-corrected chi connectivity index (χ2v) is 6.14. The lowest BCUT2D eigenvalue weighted by Gasteiger charge is -2.22. The standard InChI is InChI=1S/C15H29N3O/c1-6-14(7-2)18-9-8-13(17-18)10-12(16)11-19-15(3,4)5/h8-9,12,14H,6-7,10-11,16H2,1-5H3. The van der Waals surface area contributed by atoms with Crippen LogP contribution in [0.3, 0.4) is 0 Å². The van der Waals surface area contributed by atoms with Crippen molar-refractivity contribution in [1.82, 2.24) is 9.78 Å². The zero-order chi connectivity index (χ0) is 14.5. The number of aromatic nitrogens is 2. The fraction of sp³-hybridized carbons (Fsp3) is 0.800. The van der Waals surface area contributed by atoms with Gasteiger partial charge in [-0.15, -0.1) is 0 Å². The van der Waals surface area contributed by atoms with Crippen LogP contribution in [0.5, 0.6) is 0 Å². The Labute approximate surface area is 117 Å². The minimum atomic E-state index is -0.132. The predicted molar refractivity (Wildman–Crippen MR) is 79.2 cm³/mol. The van der Waals surface area contributed by atoms with E-state index < -0.39 is 0 Å². The third-order valence-electron chi connectivity index (χ3n) is 3.18. The first-order valence-electron chi connectivity index (χ1n) is 7.29. The van der Waals surface area contributed by atoms with E-state index in [9.17, 15) is 0 Å². The molecule has 2 N–H and O–H groups in total. The Morgan fingerprint density at radius 1 is 1.32 bits per heavy atom. The third-order valence-corrected chi connectivity index (χ3v) is 3.18. The van der Waals surface area contributed by atoms with Crippen LogP contribution in [0.15, 0.2) is 12.3 Å². The summed E-state index contributed by atoms with van der Waals surface area (Å²) in [5.74, 6) is 0. The van der Waals surface area contributed by atoms with Crippen molar-refractivity contribution in [3.05, 3.63) is 18.0 Å². The van der Waals surface area contributed by atoms with Crippen molar-refractivity contribution in [1.29, 1.82) is 0 Å². The van der Waals surface area contributed by atoms with Crippen molar-refractivity contribution in [3.63, 3.8) is 0 Å². The highest BCUT2D eigenvalue weighted by Crippen LogP contribution is 2.15. The lowest BCUT2D eigenvalue weighted by molar-refractivity contribution is -0.00994. The molecule has 19 heavy (non-hydrogen) atoms. The molecule has 1 unspecified atom stereocenters. The van der Waals surface area contributed by atoms with Gasteiger partial charge in [-0.2, -0.15) is 5.10 Å². The zero-order valence-electron chi connectivity index (χ0n) is 13.0. The number of nitrogens with zero attached hydrogens (tertiary/aromatic N) is 2. The van der Waals surface area contributed by atoms with Crippen molar-refractivity contribution in [2.24, 2.45) is 5.73 Å². The van der Waals surface area contributed by atoms with Gasteiger partial charge in [-0.1, -0.05) is 13.8 Å². The van der Waals surface area contributed by atoms with Crippen LogP contribution in [0, 0.1) is 0 Å². The molecule has 110 valence electrons. The molecule has 0 aliphatic carbocycles. The summed E-state index contributed by atoms with van der Waals surface area (Å²) < 4.78 is 7.76. The number of hydrogen-bond donors (Lipinski definition) is 1. The number of ether oxygens (including phenoxy) is 1. The maximum absolute atomic E-state index is 6.09. The molecular formula is C15H29N3O. The molecule has 0 radical (unpaired) electrons. The predicted octanol–water partition coefficient (Wildman–Crippen LogP) is 2.93. The van der Waals surface area contributed by atoms with Crippen molar-refractivity contribution < 1.29 is 4.74 Å². The van der Waals surface area contributed by atoms with Crippen LogP contribution in [0.25, 0.3) is 0 Å². The van der Waals surface area contributed by atoms with E-state index in [0.29, 0.717) is 12.6 Å². The highest BCUT2D eigenvalue weighted by atomic mass is 16.5. The molecule has 0 bridgehead atoms. The fourth-order valence-electron chi connectivity index (χ4n) is 2.04. The van der Waals surface area contributed by atoms with E-state index in [0.717, 1.165) is 25.0 Å². The fourth-order valence-corrected chi connectivity index (χ4v) is 2.04. The monoisotopic (exact) mass is 267 g/mol. The Balaban J connectivity index is 2.49. The summed E-state index contributed by atoms with van der Waals surface area (Å²) in [6.07, 6.45) is 5.04. The molecule has 1 aromatic heterocycles. The average Bonchev–Trinajstić information content (AvgIpc) is 2.76. The summed E-state index contributed by atoms with van der Waals surface area (Å²) in [7, 11) is 0. The largest absolute Gasteiger partial charge is 0.374 e. The normalized spacial score (nSPS) is 14.1. The van der Waals surface area contributed by atoms with E-state index in [4.69, 9.17) is 10.5 Å². The van der Waals surface area contributed by atoms with Crippen molar-refractivity contribution in [3.8, 4) is 0 Å². The third kappa shape index (κ3) is 5.74. The Hall–Kier alpha value is -0.870. The lowest BCUT2D eigenvalue weighted by Crippen LogP contribution is -2.33. The van der Waals surface area contributed by atoms with Crippen LogP contribution >= 0.6 is 0 Å². The van der Waals surface area contributed by atoms with Gasteiger partial charge in [0.15, 0.2) is 0 Å². The van der Waals surface area contributed by atoms with E-state index in [-0.39, 0.29) is 11.6 Å². The van der Waals surface area contributed by atoms with Gasteiger partial charge >= 0.3 is 0 Å². The molecule has 0 aliphatic rings. The summed E-state index contributed by atoms with van der Waals surface area (Å²) in [4.78, 5) is 0. The van der Waals surface area contributed by atoms with Crippen LogP contribution < -0.4 is 5.73 Å². The van der Waals surface area contributed by atoms with Crippen LogP contribution in [-0.2, 0) is 11.2 Å². The van der Waals surface area contributed by atoms with E-state index in [1.54, 1.807) is 0 Å². The zero-order valence-corrected chi connectivity index (χ0v) is 13.0. The lowest BCUT2D eigenvalue weighted by atomic mass is 10.1.